The second-order valence-corrected chi connectivity index (χ2v) is 7.72. The standard InChI is InChI=1S/C21H31N3O4/c1-27-18-6-4-16(5-7-18)13-24(14-19-3-2-12-28-19)21(26)17-8-10-23(11-9-17)15-20(22)25/h4-7,17,19H,2-3,8-15H2,1H3,(H2,22,25)/t19-/m1/s1. The van der Waals surface area contributed by atoms with E-state index >= 15 is 0 Å². The van der Waals surface area contributed by atoms with Crippen LogP contribution >= 0.6 is 0 Å². The van der Waals surface area contributed by atoms with Gasteiger partial charge in [0.05, 0.1) is 19.8 Å². The second-order valence-electron chi connectivity index (χ2n) is 7.72. The zero-order chi connectivity index (χ0) is 19.9. The minimum absolute atomic E-state index is 0.0104. The van der Waals surface area contributed by atoms with Crippen molar-refractivity contribution in [3.05, 3.63) is 29.8 Å². The lowest BCUT2D eigenvalue weighted by molar-refractivity contribution is -0.139. The van der Waals surface area contributed by atoms with Crippen molar-refractivity contribution in [2.24, 2.45) is 11.7 Å². The maximum absolute atomic E-state index is 13.3. The molecule has 28 heavy (non-hydrogen) atoms. The zero-order valence-electron chi connectivity index (χ0n) is 16.6. The molecule has 7 heteroatoms. The van der Waals surface area contributed by atoms with Gasteiger partial charge in [-0.05, 0) is 56.5 Å². The van der Waals surface area contributed by atoms with Gasteiger partial charge in [0, 0.05) is 25.6 Å². The van der Waals surface area contributed by atoms with E-state index in [4.69, 9.17) is 15.2 Å². The molecule has 0 bridgehead atoms. The van der Waals surface area contributed by atoms with E-state index in [1.54, 1.807) is 7.11 Å². The molecular weight excluding hydrogens is 358 g/mol. The number of likely N-dealkylation sites (tertiary alicyclic amines) is 1. The fourth-order valence-corrected chi connectivity index (χ4v) is 4.03. The summed E-state index contributed by atoms with van der Waals surface area (Å²) in [6.07, 6.45) is 3.70. The number of hydrogen-bond donors (Lipinski definition) is 1. The Kier molecular flexibility index (Phi) is 7.28. The molecule has 1 atom stereocenters. The molecular formula is C21H31N3O4. The quantitative estimate of drug-likeness (QED) is 0.726. The summed E-state index contributed by atoms with van der Waals surface area (Å²) in [6, 6.07) is 7.85. The van der Waals surface area contributed by atoms with Crippen LogP contribution in [-0.2, 0) is 20.9 Å². The lowest BCUT2D eigenvalue weighted by atomic mass is 9.94. The van der Waals surface area contributed by atoms with E-state index in [0.717, 1.165) is 56.7 Å². The Hall–Kier alpha value is -2.12. The molecule has 7 nitrogen and oxygen atoms in total. The van der Waals surface area contributed by atoms with Crippen LogP contribution in [0.25, 0.3) is 0 Å². The van der Waals surface area contributed by atoms with Crippen LogP contribution < -0.4 is 10.5 Å². The molecule has 2 fully saturated rings. The first-order chi connectivity index (χ1) is 13.5. The third kappa shape index (κ3) is 5.69. The van der Waals surface area contributed by atoms with Crippen LogP contribution in [0.4, 0.5) is 0 Å². The molecule has 0 spiro atoms. The Morgan fingerprint density at radius 2 is 1.93 bits per heavy atom. The van der Waals surface area contributed by atoms with Crippen molar-refractivity contribution < 1.29 is 19.1 Å². The number of amides is 2. The van der Waals surface area contributed by atoms with Gasteiger partial charge in [0.2, 0.25) is 11.8 Å². The third-order valence-corrected chi connectivity index (χ3v) is 5.61. The number of hydrogen-bond acceptors (Lipinski definition) is 5. The Balaban J connectivity index is 1.63. The number of ether oxygens (including phenoxy) is 2. The number of carbonyl (C=O) groups is 2. The summed E-state index contributed by atoms with van der Waals surface area (Å²) in [4.78, 5) is 28.4. The van der Waals surface area contributed by atoms with Crippen LogP contribution in [0.3, 0.4) is 0 Å². The fraction of sp³-hybridized carbons (Fsp3) is 0.619. The van der Waals surface area contributed by atoms with E-state index in [2.05, 4.69) is 0 Å². The van der Waals surface area contributed by atoms with Crippen LogP contribution in [0, 0.1) is 5.92 Å². The van der Waals surface area contributed by atoms with Gasteiger partial charge in [-0.1, -0.05) is 12.1 Å². The van der Waals surface area contributed by atoms with Gasteiger partial charge in [-0.3, -0.25) is 14.5 Å². The molecule has 2 N–H and O–H groups in total. The van der Waals surface area contributed by atoms with E-state index in [9.17, 15) is 9.59 Å². The molecule has 0 aromatic heterocycles. The summed E-state index contributed by atoms with van der Waals surface area (Å²) in [5.74, 6) is 0.667. The molecule has 3 rings (SSSR count). The molecule has 0 unspecified atom stereocenters. The summed E-state index contributed by atoms with van der Waals surface area (Å²) in [6.45, 7) is 3.72. The first-order valence-electron chi connectivity index (χ1n) is 10.1. The fourth-order valence-electron chi connectivity index (χ4n) is 4.03. The zero-order valence-corrected chi connectivity index (χ0v) is 16.6. The van der Waals surface area contributed by atoms with Crippen molar-refractivity contribution in [3.63, 3.8) is 0 Å². The maximum atomic E-state index is 13.3. The first kappa shape index (κ1) is 20.6. The lowest BCUT2D eigenvalue weighted by Gasteiger charge is -2.34. The third-order valence-electron chi connectivity index (χ3n) is 5.61. The van der Waals surface area contributed by atoms with Crippen molar-refractivity contribution in [1.29, 1.82) is 0 Å². The molecule has 2 heterocycles. The number of nitrogens with two attached hydrogens (primary N) is 1. The van der Waals surface area contributed by atoms with Crippen LogP contribution in [0.1, 0.15) is 31.2 Å². The van der Waals surface area contributed by atoms with Gasteiger partial charge >= 0.3 is 0 Å². The van der Waals surface area contributed by atoms with E-state index < -0.39 is 0 Å². The highest BCUT2D eigenvalue weighted by Crippen LogP contribution is 2.23. The van der Waals surface area contributed by atoms with Crippen LogP contribution in [0.15, 0.2) is 24.3 Å². The molecule has 2 saturated heterocycles. The molecule has 2 aliphatic heterocycles. The Morgan fingerprint density at radius 1 is 1.21 bits per heavy atom. The minimum atomic E-state index is -0.315. The minimum Gasteiger partial charge on any atom is -0.497 e. The largest absolute Gasteiger partial charge is 0.497 e. The van der Waals surface area contributed by atoms with Gasteiger partial charge in [-0.25, -0.2) is 0 Å². The molecule has 0 saturated carbocycles. The average Bonchev–Trinajstić information content (AvgIpc) is 3.21. The Bertz CT molecular complexity index is 650. The van der Waals surface area contributed by atoms with E-state index in [-0.39, 0.29) is 30.4 Å². The molecule has 2 amide bonds. The smallest absolute Gasteiger partial charge is 0.231 e. The highest BCUT2D eigenvalue weighted by atomic mass is 16.5. The van der Waals surface area contributed by atoms with Crippen LogP contribution in [-0.4, -0.2) is 67.6 Å². The van der Waals surface area contributed by atoms with Gasteiger partial charge in [0.1, 0.15) is 5.75 Å². The number of methoxy groups -OCH3 is 1. The molecule has 154 valence electrons. The number of nitrogens with zero attached hydrogens (tertiary/aromatic N) is 2. The lowest BCUT2D eigenvalue weighted by Crippen LogP contribution is -2.46. The number of primary amides is 1. The summed E-state index contributed by atoms with van der Waals surface area (Å²) in [7, 11) is 1.65. The van der Waals surface area contributed by atoms with Gasteiger partial charge in [-0.15, -0.1) is 0 Å². The van der Waals surface area contributed by atoms with Gasteiger partial charge < -0.3 is 20.1 Å². The molecule has 2 aliphatic rings. The molecule has 0 radical (unpaired) electrons. The maximum Gasteiger partial charge on any atom is 0.231 e. The van der Waals surface area contributed by atoms with E-state index in [1.165, 1.54) is 0 Å². The molecule has 1 aromatic rings. The van der Waals surface area contributed by atoms with E-state index in [1.807, 2.05) is 34.1 Å². The van der Waals surface area contributed by atoms with Crippen molar-refractivity contribution >= 4 is 11.8 Å². The molecule has 0 aliphatic carbocycles. The van der Waals surface area contributed by atoms with Gasteiger partial charge in [-0.2, -0.15) is 0 Å². The molecule has 1 aromatic carbocycles. The highest BCUT2D eigenvalue weighted by molar-refractivity contribution is 5.79. The normalized spacial score (nSPS) is 20.8. The first-order valence-corrected chi connectivity index (χ1v) is 10.1. The van der Waals surface area contributed by atoms with Crippen molar-refractivity contribution in [2.75, 3.05) is 39.9 Å². The van der Waals surface area contributed by atoms with Crippen LogP contribution in [0.5, 0.6) is 5.75 Å². The SMILES string of the molecule is COc1ccc(CN(C[C@H]2CCCO2)C(=O)C2CCN(CC(N)=O)CC2)cc1. The summed E-state index contributed by atoms with van der Waals surface area (Å²) in [5, 5.41) is 0. The second kappa shape index (κ2) is 9.89. The summed E-state index contributed by atoms with van der Waals surface area (Å²) in [5.41, 5.74) is 6.37. The number of rotatable bonds is 8. The van der Waals surface area contributed by atoms with E-state index in [0.29, 0.717) is 13.1 Å². The van der Waals surface area contributed by atoms with Gasteiger partial charge in [0.15, 0.2) is 0 Å². The average molecular weight is 389 g/mol. The number of benzene rings is 1. The van der Waals surface area contributed by atoms with Gasteiger partial charge in [0.25, 0.3) is 0 Å². The number of carbonyl (C=O) groups excluding carboxylic acids is 2. The predicted molar refractivity (Wildman–Crippen MR) is 106 cm³/mol. The van der Waals surface area contributed by atoms with Crippen molar-refractivity contribution in [2.45, 2.75) is 38.3 Å². The van der Waals surface area contributed by atoms with Crippen molar-refractivity contribution in [3.8, 4) is 5.75 Å². The van der Waals surface area contributed by atoms with Crippen molar-refractivity contribution in [1.82, 2.24) is 9.80 Å². The topological polar surface area (TPSA) is 85.1 Å². The van der Waals surface area contributed by atoms with Crippen LogP contribution in [0.2, 0.25) is 0 Å². The summed E-state index contributed by atoms with van der Waals surface area (Å²) >= 11 is 0. The summed E-state index contributed by atoms with van der Waals surface area (Å²) < 4.78 is 11.0. The highest BCUT2D eigenvalue weighted by Gasteiger charge is 2.31. The predicted octanol–water partition coefficient (Wildman–Crippen LogP) is 1.40. The monoisotopic (exact) mass is 389 g/mol. The Morgan fingerprint density at radius 3 is 2.50 bits per heavy atom. The number of piperidine rings is 1. The Labute approximate surface area is 166 Å².